The Morgan fingerprint density at radius 1 is 1.65 bits per heavy atom. The molecule has 94 valence electrons. The normalized spacial score (nSPS) is 11.4. The van der Waals surface area contributed by atoms with Gasteiger partial charge in [-0.2, -0.15) is 0 Å². The van der Waals surface area contributed by atoms with E-state index in [1.54, 1.807) is 18.4 Å². The molecule has 1 heterocycles. The van der Waals surface area contributed by atoms with Gasteiger partial charge < -0.3 is 10.2 Å². The fourth-order valence-electron chi connectivity index (χ4n) is 1.40. The van der Waals surface area contributed by atoms with Gasteiger partial charge in [0.25, 0.3) is 0 Å². The molecule has 0 aromatic carbocycles. The summed E-state index contributed by atoms with van der Waals surface area (Å²) >= 11 is 7.49. The van der Waals surface area contributed by atoms with Gasteiger partial charge in [-0.15, -0.1) is 11.3 Å². The van der Waals surface area contributed by atoms with E-state index in [1.165, 1.54) is 4.88 Å². The van der Waals surface area contributed by atoms with Crippen LogP contribution in [0.1, 0.15) is 4.88 Å². The molecule has 1 aromatic heterocycles. The molecule has 0 unspecified atom stereocenters. The maximum Gasteiger partial charge on any atom is 0.193 e. The Balaban J connectivity index is 2.38. The highest BCUT2D eigenvalue weighted by Crippen LogP contribution is 2.09. The Hall–Kier alpha value is -1.000. The summed E-state index contributed by atoms with van der Waals surface area (Å²) in [6.07, 6.45) is 1.02. The Morgan fingerprint density at radius 3 is 2.94 bits per heavy atom. The van der Waals surface area contributed by atoms with Gasteiger partial charge in [-0.05, 0) is 17.9 Å². The van der Waals surface area contributed by atoms with E-state index in [2.05, 4.69) is 39.3 Å². The van der Waals surface area contributed by atoms with Crippen LogP contribution >= 0.6 is 22.9 Å². The molecule has 3 nitrogen and oxygen atoms in total. The zero-order chi connectivity index (χ0) is 12.7. The predicted molar refractivity (Wildman–Crippen MR) is 77.0 cm³/mol. The summed E-state index contributed by atoms with van der Waals surface area (Å²) < 4.78 is 0. The molecule has 17 heavy (non-hydrogen) atoms. The van der Waals surface area contributed by atoms with Crippen molar-refractivity contribution in [2.75, 3.05) is 27.2 Å². The summed E-state index contributed by atoms with van der Waals surface area (Å²) in [6, 6.07) is 4.22. The monoisotopic (exact) mass is 271 g/mol. The number of likely N-dealkylation sites (N-methyl/N-ethyl adjacent to an activating group) is 1. The van der Waals surface area contributed by atoms with Crippen LogP contribution in [0.15, 0.2) is 34.1 Å². The van der Waals surface area contributed by atoms with Gasteiger partial charge in [-0.25, -0.2) is 0 Å². The third kappa shape index (κ3) is 5.24. The van der Waals surface area contributed by atoms with Crippen molar-refractivity contribution >= 4 is 28.9 Å². The molecule has 0 aliphatic carbocycles. The minimum atomic E-state index is 0.539. The lowest BCUT2D eigenvalue weighted by Crippen LogP contribution is -2.40. The van der Waals surface area contributed by atoms with E-state index in [-0.39, 0.29) is 0 Å². The molecule has 0 atom stereocenters. The molecule has 0 saturated carbocycles. The second-order valence-corrected chi connectivity index (χ2v) is 5.24. The fourth-order valence-corrected chi connectivity index (χ4v) is 2.16. The second kappa shape index (κ2) is 7.35. The first-order valence-corrected chi connectivity index (χ1v) is 6.66. The Morgan fingerprint density at radius 2 is 2.41 bits per heavy atom. The molecule has 0 bridgehead atoms. The first-order valence-electron chi connectivity index (χ1n) is 5.41. The van der Waals surface area contributed by atoms with Crippen LogP contribution in [0.3, 0.4) is 0 Å². The third-order valence-corrected chi connectivity index (χ3v) is 3.36. The number of thiophene rings is 1. The van der Waals surface area contributed by atoms with Crippen LogP contribution < -0.4 is 5.32 Å². The average molecular weight is 272 g/mol. The number of aliphatic imine (C=N–C) groups is 1. The number of hydrogen-bond acceptors (Lipinski definition) is 2. The molecule has 0 aliphatic heterocycles. The van der Waals surface area contributed by atoms with Gasteiger partial charge in [0.15, 0.2) is 5.96 Å². The SMILES string of the molecule is C=C(Cl)CNC(=NC)N(C)CCc1cccs1. The summed E-state index contributed by atoms with van der Waals surface area (Å²) in [5.41, 5.74) is 0. The lowest BCUT2D eigenvalue weighted by Gasteiger charge is -2.21. The van der Waals surface area contributed by atoms with E-state index in [0.29, 0.717) is 11.6 Å². The topological polar surface area (TPSA) is 27.6 Å². The van der Waals surface area contributed by atoms with Crippen LogP contribution in [0.2, 0.25) is 0 Å². The van der Waals surface area contributed by atoms with Gasteiger partial charge in [-0.3, -0.25) is 4.99 Å². The number of guanidine groups is 1. The highest BCUT2D eigenvalue weighted by molar-refractivity contribution is 7.09. The van der Waals surface area contributed by atoms with Crippen molar-refractivity contribution in [3.63, 3.8) is 0 Å². The van der Waals surface area contributed by atoms with Crippen LogP contribution in [0, 0.1) is 0 Å². The standard InChI is InChI=1S/C12H18ClN3S/c1-10(13)9-15-12(14-2)16(3)7-6-11-5-4-8-17-11/h4-5,8H,1,6-7,9H2,2-3H3,(H,14,15). The molecule has 0 amide bonds. The van der Waals surface area contributed by atoms with Crippen molar-refractivity contribution in [2.24, 2.45) is 4.99 Å². The number of nitrogens with one attached hydrogen (secondary N) is 1. The zero-order valence-corrected chi connectivity index (χ0v) is 11.8. The van der Waals surface area contributed by atoms with E-state index in [0.717, 1.165) is 18.9 Å². The molecular weight excluding hydrogens is 254 g/mol. The molecule has 0 spiro atoms. The maximum atomic E-state index is 5.71. The number of nitrogens with zero attached hydrogens (tertiary/aromatic N) is 2. The first-order chi connectivity index (χ1) is 8.13. The Kier molecular flexibility index (Phi) is 6.08. The number of rotatable bonds is 5. The van der Waals surface area contributed by atoms with Gasteiger partial charge in [0, 0.05) is 30.5 Å². The highest BCUT2D eigenvalue weighted by atomic mass is 35.5. The predicted octanol–water partition coefficient (Wildman–Crippen LogP) is 2.55. The van der Waals surface area contributed by atoms with Crippen LogP contribution in [0.5, 0.6) is 0 Å². The van der Waals surface area contributed by atoms with E-state index in [9.17, 15) is 0 Å². The van der Waals surface area contributed by atoms with Gasteiger partial charge in [0.05, 0.1) is 6.54 Å². The third-order valence-electron chi connectivity index (χ3n) is 2.29. The smallest absolute Gasteiger partial charge is 0.193 e. The molecular formula is C12H18ClN3S. The molecule has 0 fully saturated rings. The van der Waals surface area contributed by atoms with E-state index < -0.39 is 0 Å². The van der Waals surface area contributed by atoms with Crippen molar-refractivity contribution in [1.29, 1.82) is 0 Å². The number of hydrogen-bond donors (Lipinski definition) is 1. The maximum absolute atomic E-state index is 5.71. The molecule has 5 heteroatoms. The van der Waals surface area contributed by atoms with Crippen molar-refractivity contribution in [3.05, 3.63) is 34.0 Å². The lowest BCUT2D eigenvalue weighted by molar-refractivity contribution is 0.490. The summed E-state index contributed by atoms with van der Waals surface area (Å²) in [5, 5.41) is 5.82. The van der Waals surface area contributed by atoms with Crippen molar-refractivity contribution in [1.82, 2.24) is 10.2 Å². The van der Waals surface area contributed by atoms with Gasteiger partial charge in [0.2, 0.25) is 0 Å². The summed E-state index contributed by atoms with van der Waals surface area (Å²) in [7, 11) is 3.78. The van der Waals surface area contributed by atoms with Gasteiger partial charge in [0.1, 0.15) is 0 Å². The number of halogens is 1. The first kappa shape index (κ1) is 14.1. The van der Waals surface area contributed by atoms with E-state index >= 15 is 0 Å². The average Bonchev–Trinajstić information content (AvgIpc) is 2.79. The highest BCUT2D eigenvalue weighted by Gasteiger charge is 2.05. The molecule has 0 aliphatic rings. The molecule has 0 radical (unpaired) electrons. The van der Waals surface area contributed by atoms with Crippen LogP contribution in [-0.4, -0.2) is 38.0 Å². The molecule has 0 saturated heterocycles. The Bertz CT molecular complexity index is 373. The molecule has 1 N–H and O–H groups in total. The van der Waals surface area contributed by atoms with Crippen LogP contribution in [0.4, 0.5) is 0 Å². The molecule has 1 rings (SSSR count). The zero-order valence-electron chi connectivity index (χ0n) is 10.2. The van der Waals surface area contributed by atoms with Crippen molar-refractivity contribution < 1.29 is 0 Å². The largest absolute Gasteiger partial charge is 0.351 e. The fraction of sp³-hybridized carbons (Fsp3) is 0.417. The van der Waals surface area contributed by atoms with Crippen LogP contribution in [-0.2, 0) is 6.42 Å². The molecule has 1 aromatic rings. The van der Waals surface area contributed by atoms with E-state index in [4.69, 9.17) is 11.6 Å². The minimum Gasteiger partial charge on any atom is -0.351 e. The van der Waals surface area contributed by atoms with Crippen molar-refractivity contribution in [3.8, 4) is 0 Å². The van der Waals surface area contributed by atoms with E-state index in [1.807, 2.05) is 7.05 Å². The van der Waals surface area contributed by atoms with Gasteiger partial charge in [-0.1, -0.05) is 24.2 Å². The minimum absolute atomic E-state index is 0.539. The summed E-state index contributed by atoms with van der Waals surface area (Å²) in [5.74, 6) is 0.836. The summed E-state index contributed by atoms with van der Waals surface area (Å²) in [6.45, 7) is 5.10. The van der Waals surface area contributed by atoms with Crippen molar-refractivity contribution in [2.45, 2.75) is 6.42 Å². The lowest BCUT2D eigenvalue weighted by atomic mass is 10.3. The second-order valence-electron chi connectivity index (χ2n) is 3.67. The van der Waals surface area contributed by atoms with Crippen LogP contribution in [0.25, 0.3) is 0 Å². The Labute approximate surface area is 112 Å². The van der Waals surface area contributed by atoms with Gasteiger partial charge >= 0.3 is 0 Å². The summed E-state index contributed by atoms with van der Waals surface area (Å²) in [4.78, 5) is 7.66. The quantitative estimate of drug-likeness (QED) is 0.658.